The van der Waals surface area contributed by atoms with Gasteiger partial charge in [-0.25, -0.2) is 0 Å². The van der Waals surface area contributed by atoms with E-state index in [0.717, 1.165) is 12.8 Å². The van der Waals surface area contributed by atoms with Crippen LogP contribution in [0.4, 0.5) is 0 Å². The molecule has 0 amide bonds. The third kappa shape index (κ3) is 4.72. The summed E-state index contributed by atoms with van der Waals surface area (Å²) in [5.74, 6) is 0.527. The van der Waals surface area contributed by atoms with Crippen LogP contribution in [0, 0.1) is 5.92 Å². The fraction of sp³-hybridized carbons (Fsp3) is 0.385. The average Bonchev–Trinajstić information content (AvgIpc) is 2.13. The van der Waals surface area contributed by atoms with Gasteiger partial charge in [-0.15, -0.1) is 0 Å². The molecule has 0 radical (unpaired) electrons. The van der Waals surface area contributed by atoms with E-state index in [2.05, 4.69) is 26.0 Å². The van der Waals surface area contributed by atoms with E-state index in [1.165, 1.54) is 5.56 Å². The molecule has 1 atom stereocenters. The number of allylic oxidation sites excluding steroid dienone is 2. The van der Waals surface area contributed by atoms with E-state index in [-0.39, 0.29) is 0 Å². The quantitative estimate of drug-likeness (QED) is 0.642. The first-order chi connectivity index (χ1) is 7.11. The average molecular weight is 243 g/mol. The van der Waals surface area contributed by atoms with Gasteiger partial charge >= 0.3 is 0 Å². The molecule has 0 spiro atoms. The zero-order valence-electron chi connectivity index (χ0n) is 9.13. The van der Waals surface area contributed by atoms with Gasteiger partial charge in [0.1, 0.15) is 0 Å². The molecule has 15 heavy (non-hydrogen) atoms. The van der Waals surface area contributed by atoms with Gasteiger partial charge in [-0.3, -0.25) is 0 Å². The summed E-state index contributed by atoms with van der Waals surface area (Å²) >= 11 is 11.9. The molecule has 0 aliphatic carbocycles. The third-order valence-corrected chi connectivity index (χ3v) is 2.62. The van der Waals surface area contributed by atoms with Gasteiger partial charge in [-0.1, -0.05) is 49.2 Å². The Morgan fingerprint density at radius 2 is 1.80 bits per heavy atom. The molecule has 1 rings (SSSR count). The normalized spacial score (nSPS) is 13.3. The van der Waals surface area contributed by atoms with Crippen molar-refractivity contribution in [1.29, 1.82) is 0 Å². The second kappa shape index (κ2) is 6.19. The van der Waals surface area contributed by atoms with Crippen LogP contribution in [0.5, 0.6) is 0 Å². The van der Waals surface area contributed by atoms with Crippen LogP contribution in [-0.4, -0.2) is 0 Å². The van der Waals surface area contributed by atoms with E-state index in [1.807, 2.05) is 12.1 Å². The summed E-state index contributed by atoms with van der Waals surface area (Å²) < 4.78 is 0. The Balaban J connectivity index is 2.67. The lowest BCUT2D eigenvalue weighted by molar-refractivity contribution is 0.720. The molecule has 0 fully saturated rings. The van der Waals surface area contributed by atoms with E-state index >= 15 is 0 Å². The second-order valence-electron chi connectivity index (χ2n) is 3.80. The Labute approximate surface area is 102 Å². The molecule has 2 heteroatoms. The van der Waals surface area contributed by atoms with Gasteiger partial charge in [-0.2, -0.15) is 0 Å². The molecule has 1 unspecified atom stereocenters. The molecule has 0 aromatic heterocycles. The van der Waals surface area contributed by atoms with Crippen molar-refractivity contribution in [2.75, 3.05) is 0 Å². The molecule has 0 saturated carbocycles. The largest absolute Gasteiger partial charge is 0.0885 e. The summed E-state index contributed by atoms with van der Waals surface area (Å²) in [5, 5.41) is 1.42. The fourth-order valence-electron chi connectivity index (χ4n) is 1.54. The number of hydrogen-bond donors (Lipinski definition) is 0. The van der Waals surface area contributed by atoms with Crippen molar-refractivity contribution in [1.82, 2.24) is 0 Å². The minimum absolute atomic E-state index is 0.527. The number of halogens is 2. The molecule has 0 heterocycles. The predicted molar refractivity (Wildman–Crippen MR) is 68.8 cm³/mol. The molecule has 0 nitrogen and oxygen atoms in total. The van der Waals surface area contributed by atoms with Crippen molar-refractivity contribution in [2.24, 2.45) is 5.92 Å². The van der Waals surface area contributed by atoms with Gasteiger partial charge in [-0.05, 0) is 42.5 Å². The maximum Gasteiger partial charge on any atom is 0.0423 e. The van der Waals surface area contributed by atoms with E-state index in [1.54, 1.807) is 6.07 Å². The smallest absolute Gasteiger partial charge is 0.0423 e. The minimum Gasteiger partial charge on any atom is -0.0885 e. The SMILES string of the molecule is CC/C=C\C(C)Cc1cc(Cl)cc(Cl)c1. The number of benzene rings is 1. The van der Waals surface area contributed by atoms with E-state index in [0.29, 0.717) is 16.0 Å². The third-order valence-electron chi connectivity index (χ3n) is 2.18. The van der Waals surface area contributed by atoms with E-state index in [4.69, 9.17) is 23.2 Å². The lowest BCUT2D eigenvalue weighted by atomic mass is 10.0. The molecule has 0 saturated heterocycles. The van der Waals surface area contributed by atoms with Crippen molar-refractivity contribution < 1.29 is 0 Å². The van der Waals surface area contributed by atoms with Gasteiger partial charge in [0.15, 0.2) is 0 Å². The standard InChI is InChI=1S/C13H16Cl2/c1-3-4-5-10(2)6-11-7-12(14)9-13(15)8-11/h4-5,7-10H,3,6H2,1-2H3/b5-4-. The van der Waals surface area contributed by atoms with Crippen molar-refractivity contribution in [2.45, 2.75) is 26.7 Å². The zero-order chi connectivity index (χ0) is 11.3. The molecular weight excluding hydrogens is 227 g/mol. The minimum atomic E-state index is 0.527. The Morgan fingerprint density at radius 1 is 1.20 bits per heavy atom. The van der Waals surface area contributed by atoms with Crippen LogP contribution in [0.3, 0.4) is 0 Å². The lowest BCUT2D eigenvalue weighted by Gasteiger charge is -2.07. The highest BCUT2D eigenvalue weighted by atomic mass is 35.5. The van der Waals surface area contributed by atoms with Gasteiger partial charge in [0.05, 0.1) is 0 Å². The summed E-state index contributed by atoms with van der Waals surface area (Å²) in [5.41, 5.74) is 1.20. The van der Waals surface area contributed by atoms with Gasteiger partial charge in [0.2, 0.25) is 0 Å². The number of rotatable bonds is 4. The lowest BCUT2D eigenvalue weighted by Crippen LogP contribution is -1.95. The van der Waals surface area contributed by atoms with Crippen LogP contribution in [0.2, 0.25) is 10.0 Å². The van der Waals surface area contributed by atoms with E-state index < -0.39 is 0 Å². The first kappa shape index (κ1) is 12.6. The molecule has 82 valence electrons. The predicted octanol–water partition coefficient (Wildman–Crippen LogP) is 5.14. The first-order valence-corrected chi connectivity index (χ1v) is 5.99. The molecule has 0 N–H and O–H groups in total. The molecule has 0 bridgehead atoms. The molecule has 1 aromatic rings. The summed E-state index contributed by atoms with van der Waals surface area (Å²) in [6, 6.07) is 5.71. The Bertz CT molecular complexity index is 322. The van der Waals surface area contributed by atoms with Crippen LogP contribution in [0.15, 0.2) is 30.4 Å². The monoisotopic (exact) mass is 242 g/mol. The number of hydrogen-bond acceptors (Lipinski definition) is 0. The maximum absolute atomic E-state index is 5.94. The molecule has 1 aromatic carbocycles. The van der Waals surface area contributed by atoms with Crippen molar-refractivity contribution in [3.8, 4) is 0 Å². The highest BCUT2D eigenvalue weighted by Gasteiger charge is 2.02. The summed E-state index contributed by atoms with van der Waals surface area (Å²) in [4.78, 5) is 0. The molecule has 0 aliphatic heterocycles. The first-order valence-electron chi connectivity index (χ1n) is 5.23. The Morgan fingerprint density at radius 3 is 2.33 bits per heavy atom. The summed E-state index contributed by atoms with van der Waals surface area (Å²) in [7, 11) is 0. The fourth-order valence-corrected chi connectivity index (χ4v) is 2.11. The summed E-state index contributed by atoms with van der Waals surface area (Å²) in [6.07, 6.45) is 6.49. The van der Waals surface area contributed by atoms with Gasteiger partial charge in [0.25, 0.3) is 0 Å². The highest BCUT2D eigenvalue weighted by Crippen LogP contribution is 2.21. The topological polar surface area (TPSA) is 0 Å². The maximum atomic E-state index is 5.94. The zero-order valence-corrected chi connectivity index (χ0v) is 10.6. The van der Waals surface area contributed by atoms with Crippen molar-refractivity contribution in [3.63, 3.8) is 0 Å². The van der Waals surface area contributed by atoms with Crippen LogP contribution in [0.25, 0.3) is 0 Å². The molecule has 0 aliphatic rings. The summed E-state index contributed by atoms with van der Waals surface area (Å²) in [6.45, 7) is 4.33. The molecular formula is C13H16Cl2. The van der Waals surface area contributed by atoms with Gasteiger partial charge in [0, 0.05) is 10.0 Å². The van der Waals surface area contributed by atoms with Crippen molar-refractivity contribution in [3.05, 3.63) is 46.0 Å². The van der Waals surface area contributed by atoms with Crippen molar-refractivity contribution >= 4 is 23.2 Å². The van der Waals surface area contributed by atoms with Crippen LogP contribution < -0.4 is 0 Å². The van der Waals surface area contributed by atoms with E-state index in [9.17, 15) is 0 Å². The Hall–Kier alpha value is -0.460. The van der Waals surface area contributed by atoms with Gasteiger partial charge < -0.3 is 0 Å². The van der Waals surface area contributed by atoms with Crippen LogP contribution in [0.1, 0.15) is 25.8 Å². The van der Waals surface area contributed by atoms with Crippen LogP contribution >= 0.6 is 23.2 Å². The Kier molecular flexibility index (Phi) is 5.21. The highest BCUT2D eigenvalue weighted by molar-refractivity contribution is 6.34. The second-order valence-corrected chi connectivity index (χ2v) is 4.67. The van der Waals surface area contributed by atoms with Crippen LogP contribution in [-0.2, 0) is 6.42 Å².